The minimum Gasteiger partial charge on any atom is -0.478 e. The summed E-state index contributed by atoms with van der Waals surface area (Å²) in [7, 11) is -1.22. The summed E-state index contributed by atoms with van der Waals surface area (Å²) in [6.45, 7) is 2.29. The van der Waals surface area contributed by atoms with Crippen molar-refractivity contribution in [2.75, 3.05) is 6.61 Å². The molecule has 132 valence electrons. The van der Waals surface area contributed by atoms with E-state index in [1.165, 1.54) is 12.1 Å². The first kappa shape index (κ1) is 18.9. The predicted molar refractivity (Wildman–Crippen MR) is 96.0 cm³/mol. The summed E-state index contributed by atoms with van der Waals surface area (Å²) in [6.07, 6.45) is 0.755. The van der Waals surface area contributed by atoms with Gasteiger partial charge in [0.25, 0.3) is 0 Å². The van der Waals surface area contributed by atoms with Crippen molar-refractivity contribution < 1.29 is 23.6 Å². The maximum Gasteiger partial charge on any atom is 0.338 e. The number of aromatic carboxylic acids is 1. The fourth-order valence-electron chi connectivity index (χ4n) is 2.28. The lowest BCUT2D eigenvalue weighted by molar-refractivity contribution is 0.0504. The molecule has 6 heteroatoms. The van der Waals surface area contributed by atoms with Crippen LogP contribution in [0.4, 0.5) is 0 Å². The molecule has 0 saturated carbocycles. The molecule has 1 unspecified atom stereocenters. The van der Waals surface area contributed by atoms with E-state index in [9.17, 15) is 13.8 Å². The average molecular weight is 360 g/mol. The van der Waals surface area contributed by atoms with Crippen LogP contribution < -0.4 is 0 Å². The van der Waals surface area contributed by atoms with E-state index in [1.807, 2.05) is 13.0 Å². The maximum absolute atomic E-state index is 12.4. The predicted octanol–water partition coefficient (Wildman–Crippen LogP) is 3.40. The lowest BCUT2D eigenvalue weighted by Gasteiger charge is -2.07. The van der Waals surface area contributed by atoms with Crippen molar-refractivity contribution in [3.8, 4) is 0 Å². The largest absolute Gasteiger partial charge is 0.478 e. The highest BCUT2D eigenvalue weighted by atomic mass is 32.2. The summed E-state index contributed by atoms with van der Waals surface area (Å²) in [5.41, 5.74) is 2.10. The third-order valence-corrected chi connectivity index (χ3v) is 4.74. The zero-order valence-corrected chi connectivity index (χ0v) is 14.8. The molecule has 0 aliphatic rings. The molecule has 2 rings (SSSR count). The lowest BCUT2D eigenvalue weighted by atomic mass is 10.1. The first-order valence-corrected chi connectivity index (χ1v) is 9.41. The second-order valence-corrected chi connectivity index (χ2v) is 7.03. The smallest absolute Gasteiger partial charge is 0.338 e. The highest BCUT2D eigenvalue weighted by Gasteiger charge is 2.10. The lowest BCUT2D eigenvalue weighted by Crippen LogP contribution is -2.07. The molecule has 0 saturated heterocycles. The number of carboxylic acid groups (broad SMARTS) is 1. The molecule has 25 heavy (non-hydrogen) atoms. The number of carbonyl (C=O) groups excluding carboxylic acids is 1. The third-order valence-electron chi connectivity index (χ3n) is 3.43. The van der Waals surface area contributed by atoms with Crippen LogP contribution in [0.1, 0.15) is 45.2 Å². The summed E-state index contributed by atoms with van der Waals surface area (Å²) in [4.78, 5) is 22.9. The van der Waals surface area contributed by atoms with Gasteiger partial charge in [-0.15, -0.1) is 0 Å². The van der Waals surface area contributed by atoms with E-state index in [-0.39, 0.29) is 23.0 Å². The van der Waals surface area contributed by atoms with Crippen LogP contribution >= 0.6 is 0 Å². The van der Waals surface area contributed by atoms with Gasteiger partial charge in [-0.1, -0.05) is 31.2 Å². The highest BCUT2D eigenvalue weighted by molar-refractivity contribution is 7.83. The summed E-state index contributed by atoms with van der Waals surface area (Å²) in [5, 5.41) is 9.00. The van der Waals surface area contributed by atoms with Crippen molar-refractivity contribution in [2.45, 2.75) is 24.9 Å². The maximum atomic E-state index is 12.4. The van der Waals surface area contributed by atoms with Crippen LogP contribution in [0, 0.1) is 0 Å². The molecule has 5 nitrogen and oxygen atoms in total. The van der Waals surface area contributed by atoms with E-state index in [1.54, 1.807) is 30.3 Å². The number of esters is 1. The fourth-order valence-corrected chi connectivity index (χ4v) is 3.49. The molecule has 2 aromatic rings. The Bertz CT molecular complexity index is 785. The fraction of sp³-hybridized carbons (Fsp3) is 0.263. The first-order chi connectivity index (χ1) is 12.0. The van der Waals surface area contributed by atoms with Crippen LogP contribution in [0.3, 0.4) is 0 Å². The standard InChI is InChI=1S/C19H20O5S/c1-2-9-24-19(22)17-8-4-6-15(11-17)13-25(23)12-14-5-3-7-16(10-14)18(20)21/h3-8,10-11H,2,9,12-13H2,1H3,(H,20,21). The summed E-state index contributed by atoms with van der Waals surface area (Å²) >= 11 is 0. The number of hydrogen-bond acceptors (Lipinski definition) is 4. The van der Waals surface area contributed by atoms with Crippen molar-refractivity contribution in [1.82, 2.24) is 0 Å². The molecular weight excluding hydrogens is 340 g/mol. The second kappa shape index (κ2) is 9.13. The van der Waals surface area contributed by atoms with Crippen LogP contribution in [-0.4, -0.2) is 27.9 Å². The number of benzene rings is 2. The molecule has 1 N–H and O–H groups in total. The molecule has 0 aliphatic heterocycles. The SMILES string of the molecule is CCCOC(=O)c1cccc(CS(=O)Cc2cccc(C(=O)O)c2)c1. The molecule has 0 radical (unpaired) electrons. The topological polar surface area (TPSA) is 80.7 Å². The van der Waals surface area contributed by atoms with E-state index in [0.717, 1.165) is 12.0 Å². The summed E-state index contributed by atoms with van der Waals surface area (Å²) in [6, 6.07) is 13.3. The molecule has 2 aromatic carbocycles. The molecular formula is C19H20O5S. The van der Waals surface area contributed by atoms with Gasteiger partial charge >= 0.3 is 11.9 Å². The molecule has 0 aliphatic carbocycles. The van der Waals surface area contributed by atoms with E-state index in [4.69, 9.17) is 9.84 Å². The zero-order chi connectivity index (χ0) is 18.2. The van der Waals surface area contributed by atoms with Gasteiger partial charge < -0.3 is 9.84 Å². The molecule has 0 spiro atoms. The van der Waals surface area contributed by atoms with Crippen LogP contribution in [-0.2, 0) is 27.0 Å². The van der Waals surface area contributed by atoms with Gasteiger partial charge in [0, 0.05) is 22.3 Å². The summed E-state index contributed by atoms with van der Waals surface area (Å²) in [5.74, 6) is -0.854. The van der Waals surface area contributed by atoms with Gasteiger partial charge in [-0.25, -0.2) is 9.59 Å². The van der Waals surface area contributed by atoms with Gasteiger partial charge in [0.2, 0.25) is 0 Å². The second-order valence-electron chi connectivity index (χ2n) is 5.57. The Hall–Kier alpha value is -2.47. The van der Waals surface area contributed by atoms with E-state index in [0.29, 0.717) is 17.7 Å². The quantitative estimate of drug-likeness (QED) is 0.730. The number of hydrogen-bond donors (Lipinski definition) is 1. The van der Waals surface area contributed by atoms with E-state index >= 15 is 0 Å². The van der Waals surface area contributed by atoms with Crippen molar-refractivity contribution in [3.63, 3.8) is 0 Å². The van der Waals surface area contributed by atoms with Crippen LogP contribution in [0.2, 0.25) is 0 Å². The molecule has 0 amide bonds. The van der Waals surface area contributed by atoms with Crippen molar-refractivity contribution in [1.29, 1.82) is 0 Å². The molecule has 0 heterocycles. The van der Waals surface area contributed by atoms with Crippen LogP contribution in [0.5, 0.6) is 0 Å². The van der Waals surface area contributed by atoms with Gasteiger partial charge in [0.1, 0.15) is 0 Å². The zero-order valence-electron chi connectivity index (χ0n) is 13.9. The number of ether oxygens (including phenoxy) is 1. The Balaban J connectivity index is 2.02. The Morgan fingerprint density at radius 1 is 1.00 bits per heavy atom. The van der Waals surface area contributed by atoms with Gasteiger partial charge in [0.05, 0.1) is 17.7 Å². The van der Waals surface area contributed by atoms with E-state index < -0.39 is 16.8 Å². The Labute approximate surface area is 149 Å². The molecule has 0 fully saturated rings. The molecule has 1 atom stereocenters. The van der Waals surface area contributed by atoms with Gasteiger partial charge in [-0.05, 0) is 41.8 Å². The minimum absolute atomic E-state index is 0.176. The van der Waals surface area contributed by atoms with Crippen LogP contribution in [0.15, 0.2) is 48.5 Å². The van der Waals surface area contributed by atoms with Crippen molar-refractivity contribution >= 4 is 22.7 Å². The normalized spacial score (nSPS) is 11.7. The number of rotatable bonds is 8. The first-order valence-electron chi connectivity index (χ1n) is 7.93. The Morgan fingerprint density at radius 3 is 2.12 bits per heavy atom. The third kappa shape index (κ3) is 5.83. The Kier molecular flexibility index (Phi) is 6.89. The summed E-state index contributed by atoms with van der Waals surface area (Å²) < 4.78 is 17.5. The number of carboxylic acids is 1. The molecule has 0 bridgehead atoms. The number of carbonyl (C=O) groups is 2. The van der Waals surface area contributed by atoms with E-state index in [2.05, 4.69) is 0 Å². The minimum atomic E-state index is -1.22. The van der Waals surface area contributed by atoms with Crippen LogP contribution in [0.25, 0.3) is 0 Å². The Morgan fingerprint density at radius 2 is 1.56 bits per heavy atom. The van der Waals surface area contributed by atoms with Gasteiger partial charge in [-0.3, -0.25) is 4.21 Å². The van der Waals surface area contributed by atoms with Gasteiger partial charge in [0.15, 0.2) is 0 Å². The average Bonchev–Trinajstić information content (AvgIpc) is 2.60. The molecule has 0 aromatic heterocycles. The monoisotopic (exact) mass is 360 g/mol. The van der Waals surface area contributed by atoms with Crippen molar-refractivity contribution in [3.05, 3.63) is 70.8 Å². The van der Waals surface area contributed by atoms with Gasteiger partial charge in [-0.2, -0.15) is 0 Å². The highest BCUT2D eigenvalue weighted by Crippen LogP contribution is 2.13. The van der Waals surface area contributed by atoms with Crippen molar-refractivity contribution in [2.24, 2.45) is 0 Å².